The minimum Gasteiger partial charge on any atom is -0.477 e. The molecule has 0 fully saturated rings. The minimum atomic E-state index is -2.60. The topological polar surface area (TPSA) is 27.1 Å². The normalized spacial score (nSPS) is 10.8. The summed E-state index contributed by atoms with van der Waals surface area (Å²) in [7, 11) is 0. The van der Waals surface area contributed by atoms with E-state index in [0.29, 0.717) is 17.0 Å². The van der Waals surface area contributed by atoms with Gasteiger partial charge < -0.3 is 4.74 Å². The molecule has 1 aromatic rings. The van der Waals surface area contributed by atoms with Crippen LogP contribution in [0.15, 0.2) is 6.07 Å². The lowest BCUT2D eigenvalue weighted by Crippen LogP contribution is -2.02. The molecule has 0 atom stereocenters. The Morgan fingerprint density at radius 3 is 2.75 bits per heavy atom. The summed E-state index contributed by atoms with van der Waals surface area (Å²) in [5.74, 6) is 0.246. The van der Waals surface area contributed by atoms with Gasteiger partial charge in [0.25, 0.3) is 0 Å². The molecular formula is C7H10F2N2O. The summed E-state index contributed by atoms with van der Waals surface area (Å²) < 4.78 is 29.8. The molecule has 5 heteroatoms. The van der Waals surface area contributed by atoms with Crippen LogP contribution in [0.3, 0.4) is 0 Å². The molecule has 0 N–H and O–H groups in total. The lowest BCUT2D eigenvalue weighted by Gasteiger charge is -1.99. The van der Waals surface area contributed by atoms with Gasteiger partial charge >= 0.3 is 6.55 Å². The first-order chi connectivity index (χ1) is 5.65. The predicted molar refractivity (Wildman–Crippen MR) is 39.4 cm³/mol. The highest BCUT2D eigenvalue weighted by molar-refractivity contribution is 5.14. The number of halogens is 2. The monoisotopic (exact) mass is 176 g/mol. The maximum absolute atomic E-state index is 12.1. The van der Waals surface area contributed by atoms with Crippen LogP contribution in [0.1, 0.15) is 19.2 Å². The van der Waals surface area contributed by atoms with Crippen LogP contribution < -0.4 is 4.74 Å². The zero-order valence-electron chi connectivity index (χ0n) is 6.92. The van der Waals surface area contributed by atoms with Gasteiger partial charge in [0.05, 0.1) is 6.61 Å². The van der Waals surface area contributed by atoms with Crippen molar-refractivity contribution in [3.63, 3.8) is 0 Å². The van der Waals surface area contributed by atoms with Gasteiger partial charge in [-0.05, 0) is 13.8 Å². The molecule has 0 amide bonds. The Hall–Kier alpha value is -1.13. The molecule has 1 aromatic heterocycles. The van der Waals surface area contributed by atoms with Gasteiger partial charge in [0.2, 0.25) is 5.88 Å². The van der Waals surface area contributed by atoms with Crippen molar-refractivity contribution in [2.75, 3.05) is 6.61 Å². The fourth-order valence-corrected chi connectivity index (χ4v) is 0.875. The molecule has 1 rings (SSSR count). The summed E-state index contributed by atoms with van der Waals surface area (Å²) in [5.41, 5.74) is 0.397. The van der Waals surface area contributed by atoms with Gasteiger partial charge in [-0.15, -0.1) is 5.10 Å². The number of hydrogen-bond donors (Lipinski definition) is 0. The third-order valence-electron chi connectivity index (χ3n) is 1.38. The number of ether oxygens (including phenoxy) is 1. The molecule has 0 unspecified atom stereocenters. The molecule has 0 radical (unpaired) electrons. The molecule has 12 heavy (non-hydrogen) atoms. The molecule has 0 saturated heterocycles. The fourth-order valence-electron chi connectivity index (χ4n) is 0.875. The van der Waals surface area contributed by atoms with Crippen LogP contribution in [-0.4, -0.2) is 16.4 Å². The van der Waals surface area contributed by atoms with Gasteiger partial charge in [-0.25, -0.2) is 4.68 Å². The van der Waals surface area contributed by atoms with Crippen LogP contribution in [0, 0.1) is 6.92 Å². The second-order valence-corrected chi connectivity index (χ2v) is 2.28. The van der Waals surface area contributed by atoms with Crippen LogP contribution in [-0.2, 0) is 0 Å². The Morgan fingerprint density at radius 2 is 2.33 bits per heavy atom. The Labute approximate surface area is 68.9 Å². The van der Waals surface area contributed by atoms with Crippen molar-refractivity contribution in [3.05, 3.63) is 11.8 Å². The van der Waals surface area contributed by atoms with Crippen molar-refractivity contribution < 1.29 is 13.5 Å². The van der Waals surface area contributed by atoms with E-state index >= 15 is 0 Å². The van der Waals surface area contributed by atoms with E-state index in [1.807, 2.05) is 0 Å². The van der Waals surface area contributed by atoms with Gasteiger partial charge in [-0.1, -0.05) is 0 Å². The lowest BCUT2D eigenvalue weighted by atomic mass is 10.5. The highest BCUT2D eigenvalue weighted by atomic mass is 19.3. The Balaban J connectivity index is 2.85. The average Bonchev–Trinajstić information content (AvgIpc) is 2.32. The van der Waals surface area contributed by atoms with Crippen LogP contribution in [0.2, 0.25) is 0 Å². The largest absolute Gasteiger partial charge is 0.477 e. The third-order valence-corrected chi connectivity index (χ3v) is 1.38. The van der Waals surface area contributed by atoms with Crippen molar-refractivity contribution in [1.29, 1.82) is 0 Å². The SMILES string of the molecule is CCOc1cc(C)n(C(F)F)n1. The van der Waals surface area contributed by atoms with Gasteiger partial charge in [0.15, 0.2) is 0 Å². The van der Waals surface area contributed by atoms with E-state index in [1.54, 1.807) is 13.8 Å². The van der Waals surface area contributed by atoms with Crippen molar-refractivity contribution in [3.8, 4) is 5.88 Å². The van der Waals surface area contributed by atoms with Gasteiger partial charge in [0, 0.05) is 11.8 Å². The van der Waals surface area contributed by atoms with Crippen molar-refractivity contribution in [1.82, 2.24) is 9.78 Å². The van der Waals surface area contributed by atoms with E-state index in [0.717, 1.165) is 0 Å². The van der Waals surface area contributed by atoms with Crippen LogP contribution in [0.5, 0.6) is 5.88 Å². The van der Waals surface area contributed by atoms with Gasteiger partial charge in [0.1, 0.15) is 0 Å². The molecule has 0 aliphatic heterocycles. The average molecular weight is 176 g/mol. The minimum absolute atomic E-state index is 0.246. The first kappa shape index (κ1) is 8.96. The zero-order chi connectivity index (χ0) is 9.14. The number of alkyl halides is 2. The van der Waals surface area contributed by atoms with E-state index in [2.05, 4.69) is 5.10 Å². The second-order valence-electron chi connectivity index (χ2n) is 2.28. The summed E-state index contributed by atoms with van der Waals surface area (Å²) >= 11 is 0. The summed E-state index contributed by atoms with van der Waals surface area (Å²) in [6.07, 6.45) is 0. The van der Waals surface area contributed by atoms with E-state index in [4.69, 9.17) is 4.74 Å². The number of aryl methyl sites for hydroxylation is 1. The first-order valence-electron chi connectivity index (χ1n) is 3.62. The van der Waals surface area contributed by atoms with Crippen molar-refractivity contribution >= 4 is 0 Å². The number of hydrogen-bond acceptors (Lipinski definition) is 2. The third kappa shape index (κ3) is 1.72. The van der Waals surface area contributed by atoms with Gasteiger partial charge in [-0.3, -0.25) is 0 Å². The second kappa shape index (κ2) is 3.51. The standard InChI is InChI=1S/C7H10F2N2O/c1-3-12-6-4-5(2)11(10-6)7(8)9/h4,7H,3H2,1-2H3. The Morgan fingerprint density at radius 1 is 1.67 bits per heavy atom. The predicted octanol–water partition coefficient (Wildman–Crippen LogP) is 1.99. The van der Waals surface area contributed by atoms with Crippen molar-refractivity contribution in [2.45, 2.75) is 20.4 Å². The van der Waals surface area contributed by atoms with E-state index in [1.165, 1.54) is 6.07 Å². The first-order valence-corrected chi connectivity index (χ1v) is 3.62. The Bertz CT molecular complexity index is 260. The molecule has 1 heterocycles. The number of rotatable bonds is 3. The summed E-state index contributed by atoms with van der Waals surface area (Å²) in [4.78, 5) is 0. The maximum atomic E-state index is 12.1. The highest BCUT2D eigenvalue weighted by Gasteiger charge is 2.11. The van der Waals surface area contributed by atoms with E-state index in [-0.39, 0.29) is 5.88 Å². The highest BCUT2D eigenvalue weighted by Crippen LogP contribution is 2.17. The molecular weight excluding hydrogens is 166 g/mol. The number of nitrogens with zero attached hydrogens (tertiary/aromatic N) is 2. The van der Waals surface area contributed by atoms with E-state index in [9.17, 15) is 8.78 Å². The Kier molecular flexibility index (Phi) is 2.62. The molecule has 0 saturated carbocycles. The molecule has 3 nitrogen and oxygen atoms in total. The summed E-state index contributed by atoms with van der Waals surface area (Å²) in [6, 6.07) is 1.48. The summed E-state index contributed by atoms with van der Waals surface area (Å²) in [6.45, 7) is 1.16. The lowest BCUT2D eigenvalue weighted by molar-refractivity contribution is 0.0529. The van der Waals surface area contributed by atoms with E-state index < -0.39 is 6.55 Å². The molecule has 0 aromatic carbocycles. The molecule has 0 aliphatic rings. The summed E-state index contributed by atoms with van der Waals surface area (Å²) in [5, 5.41) is 3.54. The molecule has 0 spiro atoms. The van der Waals surface area contributed by atoms with Crippen LogP contribution >= 0.6 is 0 Å². The van der Waals surface area contributed by atoms with Gasteiger partial charge in [-0.2, -0.15) is 8.78 Å². The molecule has 0 bridgehead atoms. The van der Waals surface area contributed by atoms with Crippen molar-refractivity contribution in [2.24, 2.45) is 0 Å². The number of aromatic nitrogens is 2. The quantitative estimate of drug-likeness (QED) is 0.704. The molecule has 0 aliphatic carbocycles. The molecule has 68 valence electrons. The zero-order valence-corrected chi connectivity index (χ0v) is 6.92. The van der Waals surface area contributed by atoms with Crippen LogP contribution in [0.25, 0.3) is 0 Å². The van der Waals surface area contributed by atoms with Crippen LogP contribution in [0.4, 0.5) is 8.78 Å². The smallest absolute Gasteiger partial charge is 0.333 e. The fraction of sp³-hybridized carbons (Fsp3) is 0.571. The maximum Gasteiger partial charge on any atom is 0.333 e.